The van der Waals surface area contributed by atoms with E-state index < -0.39 is 22.5 Å². The lowest BCUT2D eigenvalue weighted by Crippen LogP contribution is -2.40. The molecule has 0 saturated carbocycles. The smallest absolute Gasteiger partial charge is 0.264 e. The summed E-state index contributed by atoms with van der Waals surface area (Å²) < 4.78 is 29.3. The molecule has 0 bridgehead atoms. The highest BCUT2D eigenvalue weighted by atomic mass is 127. The maximum atomic E-state index is 13.5. The fourth-order valence-corrected chi connectivity index (χ4v) is 5.14. The molecule has 0 aliphatic carbocycles. The minimum atomic E-state index is -3.97. The molecule has 0 spiro atoms. The number of nitrogens with zero attached hydrogens (tertiary/aromatic N) is 2. The third-order valence-corrected chi connectivity index (χ3v) is 7.62. The van der Waals surface area contributed by atoms with Gasteiger partial charge < -0.3 is 0 Å². The second-order valence-electron chi connectivity index (χ2n) is 7.85. The van der Waals surface area contributed by atoms with Gasteiger partial charge in [0.15, 0.2) is 0 Å². The number of carbonyl (C=O) groups is 1. The van der Waals surface area contributed by atoms with E-state index in [1.807, 2.05) is 57.2 Å². The fourth-order valence-electron chi connectivity index (χ4n) is 3.29. The van der Waals surface area contributed by atoms with Gasteiger partial charge in [-0.25, -0.2) is 13.8 Å². The second-order valence-corrected chi connectivity index (χ2v) is 11.0. The number of hydrogen-bond donors (Lipinski definition) is 1. The van der Waals surface area contributed by atoms with E-state index in [1.54, 1.807) is 37.3 Å². The molecule has 172 valence electrons. The molecule has 6 nitrogen and oxygen atoms in total. The highest BCUT2D eigenvalue weighted by Gasteiger charge is 2.28. The first-order valence-corrected chi connectivity index (χ1v) is 12.9. The Morgan fingerprint density at radius 3 is 2.15 bits per heavy atom. The van der Waals surface area contributed by atoms with Gasteiger partial charge in [-0.2, -0.15) is 5.10 Å². The maximum Gasteiger partial charge on any atom is 0.264 e. The SMILES string of the molecule is C/C(=N/NC(=O)CN(c1ccc(C)cc1C)S(=O)(=O)c1ccc(C)cc1)c1ccc(I)cc1. The van der Waals surface area contributed by atoms with Crippen molar-refractivity contribution in [1.29, 1.82) is 0 Å². The molecule has 0 radical (unpaired) electrons. The molecule has 3 rings (SSSR count). The second kappa shape index (κ2) is 10.5. The first kappa shape index (κ1) is 24.9. The highest BCUT2D eigenvalue weighted by molar-refractivity contribution is 14.1. The van der Waals surface area contributed by atoms with Crippen LogP contribution in [0.1, 0.15) is 29.2 Å². The van der Waals surface area contributed by atoms with Gasteiger partial charge in [0.1, 0.15) is 6.54 Å². The average Bonchev–Trinajstić information content (AvgIpc) is 2.77. The number of aryl methyl sites for hydroxylation is 3. The van der Waals surface area contributed by atoms with Crippen LogP contribution in [0.15, 0.2) is 76.7 Å². The van der Waals surface area contributed by atoms with Gasteiger partial charge in [-0.05, 0) is 91.7 Å². The Hall–Kier alpha value is -2.72. The molecular formula is C25H26IN3O3S. The summed E-state index contributed by atoms with van der Waals surface area (Å²) in [5.74, 6) is -0.532. The standard InChI is InChI=1S/C25H26IN3O3S/c1-17-5-12-23(13-6-17)33(31,32)29(24-14-7-18(2)15-19(24)3)16-25(30)28-27-20(4)21-8-10-22(26)11-9-21/h5-15H,16H2,1-4H3,(H,28,30)/b27-20-. The summed E-state index contributed by atoms with van der Waals surface area (Å²) in [5.41, 5.74) is 7.16. The molecule has 3 aromatic rings. The van der Waals surface area contributed by atoms with Crippen molar-refractivity contribution in [2.24, 2.45) is 5.10 Å². The van der Waals surface area contributed by atoms with E-state index in [-0.39, 0.29) is 4.90 Å². The summed E-state index contributed by atoms with van der Waals surface area (Å²) in [6.07, 6.45) is 0. The van der Waals surface area contributed by atoms with Crippen molar-refractivity contribution in [3.8, 4) is 0 Å². The van der Waals surface area contributed by atoms with E-state index in [0.717, 1.165) is 30.1 Å². The van der Waals surface area contributed by atoms with Gasteiger partial charge in [0.2, 0.25) is 0 Å². The van der Waals surface area contributed by atoms with Crippen molar-refractivity contribution in [3.63, 3.8) is 0 Å². The molecule has 0 saturated heterocycles. The van der Waals surface area contributed by atoms with Crippen LogP contribution in [0.3, 0.4) is 0 Å². The maximum absolute atomic E-state index is 13.5. The normalized spacial score (nSPS) is 11.8. The van der Waals surface area contributed by atoms with Crippen LogP contribution in [0.25, 0.3) is 0 Å². The van der Waals surface area contributed by atoms with Gasteiger partial charge in [0.05, 0.1) is 16.3 Å². The minimum absolute atomic E-state index is 0.124. The number of nitrogens with one attached hydrogen (secondary N) is 1. The van der Waals surface area contributed by atoms with Crippen LogP contribution in [-0.2, 0) is 14.8 Å². The molecule has 0 heterocycles. The fraction of sp³-hybridized carbons (Fsp3) is 0.200. The van der Waals surface area contributed by atoms with Gasteiger partial charge in [-0.1, -0.05) is 47.5 Å². The molecule has 0 unspecified atom stereocenters. The minimum Gasteiger partial charge on any atom is -0.271 e. The van der Waals surface area contributed by atoms with Crippen LogP contribution in [0.5, 0.6) is 0 Å². The number of sulfonamides is 1. The Balaban J connectivity index is 1.91. The molecule has 8 heteroatoms. The largest absolute Gasteiger partial charge is 0.271 e. The molecule has 0 aliphatic rings. The molecule has 1 N–H and O–H groups in total. The van der Waals surface area contributed by atoms with Crippen LogP contribution in [0.2, 0.25) is 0 Å². The van der Waals surface area contributed by atoms with Gasteiger partial charge in [-0.15, -0.1) is 0 Å². The Morgan fingerprint density at radius 2 is 1.55 bits per heavy atom. The molecular weight excluding hydrogens is 549 g/mol. The Bertz CT molecular complexity index is 1290. The molecule has 1 amide bonds. The van der Waals surface area contributed by atoms with Gasteiger partial charge in [0, 0.05) is 3.57 Å². The quantitative estimate of drug-likeness (QED) is 0.246. The number of benzene rings is 3. The van der Waals surface area contributed by atoms with Gasteiger partial charge in [0.25, 0.3) is 15.9 Å². The van der Waals surface area contributed by atoms with Crippen LogP contribution in [0, 0.1) is 24.3 Å². The first-order chi connectivity index (χ1) is 15.6. The number of hydrazone groups is 1. The van der Waals surface area contributed by atoms with Crippen molar-refractivity contribution in [2.75, 3.05) is 10.8 Å². The summed E-state index contributed by atoms with van der Waals surface area (Å²) in [7, 11) is -3.97. The highest BCUT2D eigenvalue weighted by Crippen LogP contribution is 2.27. The number of rotatable bonds is 7. The van der Waals surface area contributed by atoms with Crippen LogP contribution < -0.4 is 9.73 Å². The number of halogens is 1. The predicted molar refractivity (Wildman–Crippen MR) is 141 cm³/mol. The summed E-state index contributed by atoms with van der Waals surface area (Å²) in [6.45, 7) is 7.04. The first-order valence-electron chi connectivity index (χ1n) is 10.3. The predicted octanol–water partition coefficient (Wildman–Crippen LogP) is 4.95. The lowest BCUT2D eigenvalue weighted by molar-refractivity contribution is -0.119. The summed E-state index contributed by atoms with van der Waals surface area (Å²) in [5, 5.41) is 4.17. The molecule has 33 heavy (non-hydrogen) atoms. The summed E-state index contributed by atoms with van der Waals surface area (Å²) in [4.78, 5) is 12.9. The number of amides is 1. The van der Waals surface area contributed by atoms with E-state index in [2.05, 4.69) is 33.1 Å². The van der Waals surface area contributed by atoms with Crippen LogP contribution >= 0.6 is 22.6 Å². The van der Waals surface area contributed by atoms with E-state index in [1.165, 1.54) is 0 Å². The van der Waals surface area contributed by atoms with Crippen molar-refractivity contribution >= 4 is 49.9 Å². The average molecular weight is 575 g/mol. The zero-order chi connectivity index (χ0) is 24.2. The van der Waals surface area contributed by atoms with Crippen molar-refractivity contribution in [1.82, 2.24) is 5.43 Å². The van der Waals surface area contributed by atoms with Crippen LogP contribution in [-0.4, -0.2) is 26.6 Å². The zero-order valence-electron chi connectivity index (χ0n) is 19.0. The molecule has 3 aromatic carbocycles. The van der Waals surface area contributed by atoms with Crippen molar-refractivity contribution < 1.29 is 13.2 Å². The molecule has 0 fully saturated rings. The van der Waals surface area contributed by atoms with Crippen LogP contribution in [0.4, 0.5) is 5.69 Å². The monoisotopic (exact) mass is 575 g/mol. The number of carbonyl (C=O) groups excluding carboxylic acids is 1. The van der Waals surface area contributed by atoms with Crippen molar-refractivity contribution in [2.45, 2.75) is 32.6 Å². The van der Waals surface area contributed by atoms with E-state index in [4.69, 9.17) is 0 Å². The molecule has 0 atom stereocenters. The van der Waals surface area contributed by atoms with E-state index >= 15 is 0 Å². The summed E-state index contributed by atoms with van der Waals surface area (Å²) in [6, 6.07) is 19.8. The Morgan fingerprint density at radius 1 is 0.939 bits per heavy atom. The Kier molecular flexibility index (Phi) is 7.91. The third kappa shape index (κ3) is 6.20. The van der Waals surface area contributed by atoms with Crippen molar-refractivity contribution in [3.05, 3.63) is 92.6 Å². The molecule has 0 aliphatic heterocycles. The van der Waals surface area contributed by atoms with Gasteiger partial charge >= 0.3 is 0 Å². The van der Waals surface area contributed by atoms with E-state index in [0.29, 0.717) is 11.4 Å². The lowest BCUT2D eigenvalue weighted by atomic mass is 10.1. The third-order valence-electron chi connectivity index (χ3n) is 5.13. The van der Waals surface area contributed by atoms with Gasteiger partial charge in [-0.3, -0.25) is 9.10 Å². The summed E-state index contributed by atoms with van der Waals surface area (Å²) >= 11 is 2.22. The molecule has 0 aromatic heterocycles. The van der Waals surface area contributed by atoms with E-state index in [9.17, 15) is 13.2 Å². The Labute approximate surface area is 208 Å². The topological polar surface area (TPSA) is 78.8 Å². The zero-order valence-corrected chi connectivity index (χ0v) is 21.9. The lowest BCUT2D eigenvalue weighted by Gasteiger charge is -2.25. The number of anilines is 1. The number of hydrogen-bond acceptors (Lipinski definition) is 4.